The van der Waals surface area contributed by atoms with Crippen LogP contribution in [0.4, 0.5) is 0 Å². The van der Waals surface area contributed by atoms with Crippen molar-refractivity contribution in [3.05, 3.63) is 71.6 Å². The van der Waals surface area contributed by atoms with Crippen molar-refractivity contribution in [2.75, 3.05) is 0 Å². The maximum Gasteiger partial charge on any atom is 0.0924 e. The summed E-state index contributed by atoms with van der Waals surface area (Å²) in [7, 11) is 0. The zero-order chi connectivity index (χ0) is 13.1. The van der Waals surface area contributed by atoms with E-state index in [1.165, 1.54) is 0 Å². The minimum Gasteiger partial charge on any atom is -0.268 e. The molecule has 1 aromatic carbocycles. The number of hydrogen-bond acceptors (Lipinski definition) is 2. The molecular formula is C15H12ClN3. The van der Waals surface area contributed by atoms with Gasteiger partial charge < -0.3 is 0 Å². The molecule has 0 radical (unpaired) electrons. The van der Waals surface area contributed by atoms with Gasteiger partial charge in [-0.05, 0) is 35.9 Å². The van der Waals surface area contributed by atoms with E-state index in [2.05, 4.69) is 10.1 Å². The van der Waals surface area contributed by atoms with Crippen LogP contribution < -0.4 is 0 Å². The van der Waals surface area contributed by atoms with Gasteiger partial charge in [-0.15, -0.1) is 0 Å². The molecule has 94 valence electrons. The van der Waals surface area contributed by atoms with E-state index in [9.17, 15) is 0 Å². The summed E-state index contributed by atoms with van der Waals surface area (Å²) in [6.07, 6.45) is 5.51. The molecule has 3 rings (SSSR count). The lowest BCUT2D eigenvalue weighted by molar-refractivity contribution is 0.689. The third-order valence-electron chi connectivity index (χ3n) is 2.85. The third kappa shape index (κ3) is 2.83. The Hall–Kier alpha value is -2.13. The molecule has 0 unspecified atom stereocenters. The molecule has 0 amide bonds. The van der Waals surface area contributed by atoms with Crippen LogP contribution in [0.1, 0.15) is 5.56 Å². The molecule has 0 aliphatic rings. The van der Waals surface area contributed by atoms with Gasteiger partial charge in [0.1, 0.15) is 0 Å². The topological polar surface area (TPSA) is 30.7 Å². The summed E-state index contributed by atoms with van der Waals surface area (Å²) in [6.45, 7) is 0.714. The van der Waals surface area contributed by atoms with Gasteiger partial charge in [-0.2, -0.15) is 5.10 Å². The summed E-state index contributed by atoms with van der Waals surface area (Å²) in [5.41, 5.74) is 3.15. The fourth-order valence-electron chi connectivity index (χ4n) is 1.95. The van der Waals surface area contributed by atoms with E-state index >= 15 is 0 Å². The van der Waals surface area contributed by atoms with Gasteiger partial charge in [-0.3, -0.25) is 9.67 Å². The molecule has 0 saturated carbocycles. The molecule has 0 fully saturated rings. The normalized spacial score (nSPS) is 10.6. The summed E-state index contributed by atoms with van der Waals surface area (Å²) in [5, 5.41) is 5.30. The number of hydrogen-bond donors (Lipinski definition) is 0. The molecule has 0 atom stereocenters. The maximum absolute atomic E-state index is 5.98. The first-order valence-electron chi connectivity index (χ1n) is 5.99. The quantitative estimate of drug-likeness (QED) is 0.727. The summed E-state index contributed by atoms with van der Waals surface area (Å²) < 4.78 is 1.90. The average molecular weight is 270 g/mol. The first-order chi connectivity index (χ1) is 9.31. The zero-order valence-corrected chi connectivity index (χ0v) is 11.0. The summed E-state index contributed by atoms with van der Waals surface area (Å²) in [6, 6.07) is 13.7. The lowest BCUT2D eigenvalue weighted by Crippen LogP contribution is -2.00. The van der Waals surface area contributed by atoms with E-state index in [0.717, 1.165) is 21.8 Å². The van der Waals surface area contributed by atoms with Crippen molar-refractivity contribution in [1.82, 2.24) is 14.8 Å². The molecule has 0 N–H and O–H groups in total. The Bertz CT molecular complexity index is 677. The van der Waals surface area contributed by atoms with Crippen LogP contribution in [0.25, 0.3) is 11.3 Å². The van der Waals surface area contributed by atoms with Crippen molar-refractivity contribution < 1.29 is 0 Å². The monoisotopic (exact) mass is 269 g/mol. The van der Waals surface area contributed by atoms with Crippen LogP contribution in [0.3, 0.4) is 0 Å². The lowest BCUT2D eigenvalue weighted by atomic mass is 10.2. The molecule has 0 spiro atoms. The Balaban J connectivity index is 1.82. The highest BCUT2D eigenvalue weighted by Crippen LogP contribution is 2.16. The Morgan fingerprint density at radius 3 is 2.68 bits per heavy atom. The minimum absolute atomic E-state index is 0.714. The van der Waals surface area contributed by atoms with Gasteiger partial charge in [0.15, 0.2) is 0 Å². The first kappa shape index (κ1) is 11.9. The van der Waals surface area contributed by atoms with Gasteiger partial charge in [0.2, 0.25) is 0 Å². The number of rotatable bonds is 3. The maximum atomic E-state index is 5.98. The molecule has 0 aliphatic carbocycles. The van der Waals surface area contributed by atoms with E-state index in [4.69, 9.17) is 11.6 Å². The lowest BCUT2D eigenvalue weighted by Gasteiger charge is -2.02. The van der Waals surface area contributed by atoms with E-state index in [1.807, 2.05) is 53.3 Å². The van der Waals surface area contributed by atoms with Crippen molar-refractivity contribution in [2.24, 2.45) is 0 Å². The number of benzene rings is 1. The molecular weight excluding hydrogens is 258 g/mol. The summed E-state index contributed by atoms with van der Waals surface area (Å²) in [4.78, 5) is 4.01. The Morgan fingerprint density at radius 1 is 1.05 bits per heavy atom. The van der Waals surface area contributed by atoms with Crippen LogP contribution in [-0.2, 0) is 6.54 Å². The molecule has 2 aromatic heterocycles. The summed E-state index contributed by atoms with van der Waals surface area (Å²) in [5.74, 6) is 0. The van der Waals surface area contributed by atoms with Gasteiger partial charge in [0, 0.05) is 29.2 Å². The molecule has 4 heteroatoms. The Labute approximate surface area is 116 Å². The fourth-order valence-corrected chi connectivity index (χ4v) is 2.16. The first-order valence-corrected chi connectivity index (χ1v) is 6.37. The fraction of sp³-hybridized carbons (Fsp3) is 0.0667. The largest absolute Gasteiger partial charge is 0.268 e. The van der Waals surface area contributed by atoms with Crippen molar-refractivity contribution in [1.29, 1.82) is 0 Å². The van der Waals surface area contributed by atoms with Crippen molar-refractivity contribution >= 4 is 11.6 Å². The van der Waals surface area contributed by atoms with Crippen LogP contribution in [0.5, 0.6) is 0 Å². The molecule has 2 heterocycles. The van der Waals surface area contributed by atoms with Crippen LogP contribution in [-0.4, -0.2) is 14.8 Å². The molecule has 0 saturated heterocycles. The van der Waals surface area contributed by atoms with Crippen molar-refractivity contribution in [3.63, 3.8) is 0 Å². The van der Waals surface area contributed by atoms with Crippen LogP contribution in [0.15, 0.2) is 61.1 Å². The van der Waals surface area contributed by atoms with Gasteiger partial charge >= 0.3 is 0 Å². The van der Waals surface area contributed by atoms with E-state index in [0.29, 0.717) is 6.54 Å². The van der Waals surface area contributed by atoms with Gasteiger partial charge in [-0.25, -0.2) is 0 Å². The van der Waals surface area contributed by atoms with Crippen LogP contribution in [0, 0.1) is 0 Å². The van der Waals surface area contributed by atoms with Gasteiger partial charge in [-0.1, -0.05) is 23.7 Å². The highest BCUT2D eigenvalue weighted by molar-refractivity contribution is 6.30. The smallest absolute Gasteiger partial charge is 0.0924 e. The van der Waals surface area contributed by atoms with E-state index in [1.54, 1.807) is 12.4 Å². The van der Waals surface area contributed by atoms with Gasteiger partial charge in [0.05, 0.1) is 12.2 Å². The van der Waals surface area contributed by atoms with E-state index in [-0.39, 0.29) is 0 Å². The number of aromatic nitrogens is 3. The molecule has 3 aromatic rings. The summed E-state index contributed by atoms with van der Waals surface area (Å²) >= 11 is 5.98. The van der Waals surface area contributed by atoms with Crippen molar-refractivity contribution in [2.45, 2.75) is 6.54 Å². The number of halogens is 1. The highest BCUT2D eigenvalue weighted by Gasteiger charge is 2.02. The van der Waals surface area contributed by atoms with Crippen LogP contribution in [0.2, 0.25) is 5.02 Å². The number of pyridine rings is 1. The number of nitrogens with zero attached hydrogens (tertiary/aromatic N) is 3. The van der Waals surface area contributed by atoms with Crippen LogP contribution >= 0.6 is 11.6 Å². The second-order valence-corrected chi connectivity index (χ2v) is 4.70. The zero-order valence-electron chi connectivity index (χ0n) is 10.2. The molecule has 3 nitrogen and oxygen atoms in total. The van der Waals surface area contributed by atoms with E-state index < -0.39 is 0 Å². The highest BCUT2D eigenvalue weighted by atomic mass is 35.5. The average Bonchev–Trinajstić information content (AvgIpc) is 2.88. The minimum atomic E-state index is 0.714. The molecule has 0 aliphatic heterocycles. The standard InChI is InChI=1S/C15H12ClN3/c16-14-3-1-2-12(10-14)11-19-9-6-15(18-19)13-4-7-17-8-5-13/h1-10H,11H2. The SMILES string of the molecule is Clc1cccc(Cn2ccc(-c3ccncc3)n2)c1. The Morgan fingerprint density at radius 2 is 1.89 bits per heavy atom. The third-order valence-corrected chi connectivity index (χ3v) is 3.09. The molecule has 19 heavy (non-hydrogen) atoms. The Kier molecular flexibility index (Phi) is 3.29. The van der Waals surface area contributed by atoms with Gasteiger partial charge in [0.25, 0.3) is 0 Å². The predicted molar refractivity (Wildman–Crippen MR) is 76.0 cm³/mol. The second kappa shape index (κ2) is 5.24. The molecule has 0 bridgehead atoms. The predicted octanol–water partition coefficient (Wildman–Crippen LogP) is 3.65. The second-order valence-electron chi connectivity index (χ2n) is 4.26. The van der Waals surface area contributed by atoms with Crippen molar-refractivity contribution in [3.8, 4) is 11.3 Å².